The summed E-state index contributed by atoms with van der Waals surface area (Å²) in [5.74, 6) is 0.171. The molecule has 34 heavy (non-hydrogen) atoms. The number of methoxy groups -OCH3 is 1. The number of ether oxygens (including phenoxy) is 3. The van der Waals surface area contributed by atoms with Gasteiger partial charge in [-0.1, -0.05) is 47.5 Å². The molecule has 0 spiro atoms. The van der Waals surface area contributed by atoms with Gasteiger partial charge in [-0.15, -0.1) is 11.6 Å². The van der Waals surface area contributed by atoms with Gasteiger partial charge in [0.1, 0.15) is 24.7 Å². The number of esters is 1. The number of hydrogen-bond donors (Lipinski definition) is 0. The van der Waals surface area contributed by atoms with Crippen LogP contribution in [0.1, 0.15) is 33.5 Å². The van der Waals surface area contributed by atoms with Gasteiger partial charge >= 0.3 is 5.97 Å². The quantitative estimate of drug-likeness (QED) is 0.160. The van der Waals surface area contributed by atoms with E-state index < -0.39 is 5.97 Å². The van der Waals surface area contributed by atoms with Gasteiger partial charge in [-0.25, -0.2) is 0 Å². The summed E-state index contributed by atoms with van der Waals surface area (Å²) in [6.45, 7) is 0.455. The van der Waals surface area contributed by atoms with Crippen LogP contribution in [0.2, 0.25) is 10.0 Å². The molecule has 0 N–H and O–H groups in total. The molecule has 178 valence electrons. The topological polar surface area (TPSA) is 61.8 Å². The van der Waals surface area contributed by atoms with Gasteiger partial charge < -0.3 is 14.2 Å². The second kappa shape index (κ2) is 12.7. The minimum Gasteiger partial charge on any atom is -0.489 e. The monoisotopic (exact) mass is 520 g/mol. The maximum atomic E-state index is 12.9. The van der Waals surface area contributed by atoms with Crippen molar-refractivity contribution >= 4 is 46.6 Å². The van der Waals surface area contributed by atoms with Crippen LogP contribution in [0.3, 0.4) is 0 Å². The lowest BCUT2D eigenvalue weighted by atomic mass is 9.97. The lowest BCUT2D eigenvalue weighted by molar-refractivity contribution is -0.139. The molecule has 0 aliphatic carbocycles. The van der Waals surface area contributed by atoms with E-state index in [2.05, 4.69) is 0 Å². The molecular weight excluding hydrogens is 499 g/mol. The Kier molecular flexibility index (Phi) is 9.63. The number of hydrogen-bond acceptors (Lipinski definition) is 5. The second-order valence-corrected chi connectivity index (χ2v) is 8.65. The van der Waals surface area contributed by atoms with E-state index in [9.17, 15) is 9.59 Å². The van der Waals surface area contributed by atoms with E-state index in [1.54, 1.807) is 36.4 Å². The van der Waals surface area contributed by atoms with Crippen LogP contribution < -0.4 is 9.47 Å². The average Bonchev–Trinajstić information content (AvgIpc) is 2.83. The average molecular weight is 522 g/mol. The van der Waals surface area contributed by atoms with E-state index in [0.29, 0.717) is 32.7 Å². The minimum absolute atomic E-state index is 0.0952. The Hall–Kier alpha value is -2.73. The fourth-order valence-electron chi connectivity index (χ4n) is 3.23. The zero-order valence-electron chi connectivity index (χ0n) is 18.5. The molecule has 0 saturated carbocycles. The van der Waals surface area contributed by atoms with Gasteiger partial charge in [0.15, 0.2) is 5.78 Å². The molecule has 0 radical (unpaired) electrons. The molecule has 0 fully saturated rings. The summed E-state index contributed by atoms with van der Waals surface area (Å²) in [4.78, 5) is 25.0. The largest absolute Gasteiger partial charge is 0.489 e. The first kappa shape index (κ1) is 25.9. The Labute approximate surface area is 213 Å². The minimum atomic E-state index is -0.488. The summed E-state index contributed by atoms with van der Waals surface area (Å²) in [5, 5.41) is 1.24. The highest BCUT2D eigenvalue weighted by Gasteiger charge is 2.22. The molecule has 0 heterocycles. The molecule has 8 heteroatoms. The molecule has 0 aromatic heterocycles. The molecule has 0 bridgehead atoms. The van der Waals surface area contributed by atoms with Gasteiger partial charge in [-0.05, 0) is 47.0 Å². The van der Waals surface area contributed by atoms with Crippen LogP contribution in [-0.2, 0) is 29.2 Å². The number of ketones is 1. The molecule has 0 saturated heterocycles. The van der Waals surface area contributed by atoms with Gasteiger partial charge in [-0.3, -0.25) is 9.59 Å². The van der Waals surface area contributed by atoms with Gasteiger partial charge in [0.25, 0.3) is 0 Å². The maximum absolute atomic E-state index is 12.9. The summed E-state index contributed by atoms with van der Waals surface area (Å²) in [6.07, 6.45) is -0.0205. The Morgan fingerprint density at radius 1 is 0.824 bits per heavy atom. The van der Waals surface area contributed by atoms with Crippen LogP contribution in [0.15, 0.2) is 60.7 Å². The van der Waals surface area contributed by atoms with E-state index in [1.165, 1.54) is 7.11 Å². The van der Waals surface area contributed by atoms with Gasteiger partial charge in [0.05, 0.1) is 19.1 Å². The van der Waals surface area contributed by atoms with Crippen molar-refractivity contribution < 1.29 is 23.8 Å². The summed E-state index contributed by atoms with van der Waals surface area (Å²) >= 11 is 17.7. The number of rotatable bonds is 11. The first-order valence-electron chi connectivity index (χ1n) is 10.5. The normalized spacial score (nSPS) is 10.6. The molecule has 3 rings (SSSR count). The van der Waals surface area contributed by atoms with Gasteiger partial charge in [0, 0.05) is 28.4 Å². The number of carbonyl (C=O) groups is 2. The zero-order chi connectivity index (χ0) is 24.5. The Bertz CT molecular complexity index is 1130. The van der Waals surface area contributed by atoms with Crippen molar-refractivity contribution in [2.75, 3.05) is 13.0 Å². The van der Waals surface area contributed by atoms with E-state index in [-0.39, 0.29) is 37.7 Å². The summed E-state index contributed by atoms with van der Waals surface area (Å²) in [5.41, 5.74) is 2.51. The summed E-state index contributed by atoms with van der Waals surface area (Å²) < 4.78 is 16.8. The molecule has 0 unspecified atom stereocenters. The Balaban J connectivity index is 1.95. The highest BCUT2D eigenvalue weighted by atomic mass is 35.5. The number of alkyl halides is 1. The van der Waals surface area contributed by atoms with E-state index in [1.807, 2.05) is 24.3 Å². The number of carbonyl (C=O) groups excluding carboxylic acids is 2. The second-order valence-electron chi connectivity index (χ2n) is 7.40. The molecule has 0 aliphatic heterocycles. The van der Waals surface area contributed by atoms with Crippen molar-refractivity contribution in [2.24, 2.45) is 0 Å². The lowest BCUT2D eigenvalue weighted by Gasteiger charge is -2.17. The number of halogens is 3. The van der Waals surface area contributed by atoms with Crippen molar-refractivity contribution in [3.8, 4) is 11.5 Å². The molecular formula is C26H23Cl3O5. The predicted molar refractivity (Wildman–Crippen MR) is 133 cm³/mol. The fraction of sp³-hybridized carbons (Fsp3) is 0.231. The standard InChI is InChI=1S/C26H23Cl3O5/c1-32-25(31)13-19-12-22(33-15-17-2-6-20(28)7-3-17)14-24(26(19)23(30)10-11-27)34-16-18-4-8-21(29)9-5-18/h2-9,12,14H,10-11,13,15-16H2,1H3. The van der Waals surface area contributed by atoms with Crippen LogP contribution in [-0.4, -0.2) is 24.7 Å². The third kappa shape index (κ3) is 7.39. The van der Waals surface area contributed by atoms with Crippen LogP contribution >= 0.6 is 34.8 Å². The third-order valence-corrected chi connectivity index (χ3v) is 5.64. The molecule has 3 aromatic rings. The van der Waals surface area contributed by atoms with Gasteiger partial charge in [-0.2, -0.15) is 0 Å². The predicted octanol–water partition coefficient (Wildman–Crippen LogP) is 6.68. The Morgan fingerprint density at radius 2 is 1.38 bits per heavy atom. The van der Waals surface area contributed by atoms with Crippen molar-refractivity contribution in [3.63, 3.8) is 0 Å². The first-order valence-corrected chi connectivity index (χ1v) is 11.8. The maximum Gasteiger partial charge on any atom is 0.310 e. The smallest absolute Gasteiger partial charge is 0.310 e. The van der Waals surface area contributed by atoms with Crippen molar-refractivity contribution in [2.45, 2.75) is 26.1 Å². The third-order valence-electron chi connectivity index (χ3n) is 4.95. The van der Waals surface area contributed by atoms with Crippen LogP contribution in [0.5, 0.6) is 11.5 Å². The molecule has 0 aliphatic rings. The highest BCUT2D eigenvalue weighted by molar-refractivity contribution is 6.30. The highest BCUT2D eigenvalue weighted by Crippen LogP contribution is 2.32. The molecule has 0 atom stereocenters. The fourth-order valence-corrected chi connectivity index (χ4v) is 3.65. The lowest BCUT2D eigenvalue weighted by Crippen LogP contribution is -2.13. The van der Waals surface area contributed by atoms with Gasteiger partial charge in [0.2, 0.25) is 0 Å². The van der Waals surface area contributed by atoms with E-state index >= 15 is 0 Å². The van der Waals surface area contributed by atoms with Crippen LogP contribution in [0.25, 0.3) is 0 Å². The summed E-state index contributed by atoms with van der Waals surface area (Å²) in [7, 11) is 1.29. The molecule has 3 aromatic carbocycles. The Morgan fingerprint density at radius 3 is 1.91 bits per heavy atom. The summed E-state index contributed by atoms with van der Waals surface area (Å²) in [6, 6.07) is 17.7. The van der Waals surface area contributed by atoms with Crippen molar-refractivity contribution in [3.05, 3.63) is 93.0 Å². The van der Waals surface area contributed by atoms with Crippen LogP contribution in [0.4, 0.5) is 0 Å². The molecule has 0 amide bonds. The van der Waals surface area contributed by atoms with Crippen molar-refractivity contribution in [1.82, 2.24) is 0 Å². The van der Waals surface area contributed by atoms with E-state index in [4.69, 9.17) is 49.0 Å². The zero-order valence-corrected chi connectivity index (χ0v) is 20.8. The van der Waals surface area contributed by atoms with Crippen LogP contribution in [0, 0.1) is 0 Å². The molecule has 5 nitrogen and oxygen atoms in total. The van der Waals surface area contributed by atoms with Crippen molar-refractivity contribution in [1.29, 1.82) is 0 Å². The SMILES string of the molecule is COC(=O)Cc1cc(OCc2ccc(Cl)cc2)cc(OCc2ccc(Cl)cc2)c1C(=O)CCCl. The van der Waals surface area contributed by atoms with E-state index in [0.717, 1.165) is 11.1 Å². The first-order chi connectivity index (χ1) is 16.4. The number of Topliss-reactive ketones (excluding diaryl/α,β-unsaturated/α-hetero) is 1. The number of benzene rings is 3.